The van der Waals surface area contributed by atoms with Gasteiger partial charge < -0.3 is 20.5 Å². The van der Waals surface area contributed by atoms with Gasteiger partial charge in [-0.2, -0.15) is 0 Å². The minimum Gasteiger partial charge on any atom is -0.363 e. The summed E-state index contributed by atoms with van der Waals surface area (Å²) in [5.41, 5.74) is 7.46. The highest BCUT2D eigenvalue weighted by Crippen LogP contribution is 2.51. The predicted octanol–water partition coefficient (Wildman–Crippen LogP) is 5.04. The summed E-state index contributed by atoms with van der Waals surface area (Å²) in [4.78, 5) is 10.7. The van der Waals surface area contributed by atoms with Gasteiger partial charge in [-0.05, 0) is 38.1 Å². The first-order chi connectivity index (χ1) is 15.5. The van der Waals surface area contributed by atoms with Crippen molar-refractivity contribution in [3.8, 4) is 0 Å². The van der Waals surface area contributed by atoms with E-state index in [2.05, 4.69) is 15.3 Å². The number of alkyl halides is 2. The molecule has 1 aromatic heterocycles. The molecule has 1 saturated heterocycles. The fourth-order valence-corrected chi connectivity index (χ4v) is 6.54. The lowest BCUT2D eigenvalue weighted by molar-refractivity contribution is 0.146. The van der Waals surface area contributed by atoms with Crippen LogP contribution in [0.3, 0.4) is 0 Å². The van der Waals surface area contributed by atoms with E-state index in [1.54, 1.807) is 6.92 Å². The number of nitrogens with two attached hydrogens (primary N) is 1. The largest absolute Gasteiger partial charge is 0.363 e. The first-order valence-electron chi connectivity index (χ1n) is 11.0. The van der Waals surface area contributed by atoms with E-state index in [4.69, 9.17) is 5.73 Å². The predicted molar refractivity (Wildman–Crippen MR) is 126 cm³/mol. The van der Waals surface area contributed by atoms with Crippen molar-refractivity contribution in [1.29, 1.82) is 0 Å². The molecule has 0 saturated carbocycles. The topological polar surface area (TPSA) is 84.1 Å². The number of halogens is 3. The molecule has 0 bridgehead atoms. The van der Waals surface area contributed by atoms with E-state index in [9.17, 15) is 17.7 Å². The molecule has 0 aliphatic carbocycles. The summed E-state index contributed by atoms with van der Waals surface area (Å²) in [5.74, 6) is 0.251. The minimum absolute atomic E-state index is 0.134. The molecule has 3 N–H and O–H groups in total. The van der Waals surface area contributed by atoms with Gasteiger partial charge in [0, 0.05) is 37.0 Å². The van der Waals surface area contributed by atoms with Crippen LogP contribution in [0.4, 0.5) is 24.8 Å². The van der Waals surface area contributed by atoms with Crippen molar-refractivity contribution in [2.75, 3.05) is 42.8 Å². The third-order valence-corrected chi connectivity index (χ3v) is 9.10. The molecule has 3 heterocycles. The Morgan fingerprint density at radius 3 is 2.55 bits per heavy atom. The van der Waals surface area contributed by atoms with Crippen molar-refractivity contribution < 1.29 is 17.7 Å². The first kappa shape index (κ1) is 23.8. The van der Waals surface area contributed by atoms with Gasteiger partial charge >= 0.3 is 0 Å². The highest BCUT2D eigenvalue weighted by Gasteiger charge is 2.39. The maximum Gasteiger partial charge on any atom is 0.266 e. The lowest BCUT2D eigenvalue weighted by Crippen LogP contribution is -2.49. The van der Waals surface area contributed by atoms with Crippen LogP contribution in [0.2, 0.25) is 0 Å². The molecule has 2 aliphatic rings. The molecule has 33 heavy (non-hydrogen) atoms. The molecule has 0 radical (unpaired) electrons. The molecular formula is C23H29F3N5OP. The summed E-state index contributed by atoms with van der Waals surface area (Å²) in [7, 11) is -0.213. The molecule has 1 atom stereocenters. The summed E-state index contributed by atoms with van der Waals surface area (Å²) < 4.78 is 53.5. The Balaban J connectivity index is 1.67. The minimum atomic E-state index is -2.89. The van der Waals surface area contributed by atoms with Crippen LogP contribution in [0.15, 0.2) is 30.1 Å². The molecule has 4 rings (SSSR count). The summed E-state index contributed by atoms with van der Waals surface area (Å²) >= 11 is 0. The number of benzene rings is 1. The van der Waals surface area contributed by atoms with Gasteiger partial charge in [-0.3, -0.25) is 0 Å². The molecule has 6 nitrogen and oxygen atoms in total. The van der Waals surface area contributed by atoms with Crippen molar-refractivity contribution >= 4 is 24.9 Å². The molecule has 1 aromatic carbocycles. The Morgan fingerprint density at radius 1 is 1.21 bits per heavy atom. The monoisotopic (exact) mass is 479 g/mol. The highest BCUT2D eigenvalue weighted by atomic mass is 31.2. The highest BCUT2D eigenvalue weighted by molar-refractivity contribution is 7.63. The maximum absolute atomic E-state index is 14.7. The quantitative estimate of drug-likeness (QED) is 0.585. The van der Waals surface area contributed by atoms with Crippen LogP contribution >= 0.6 is 7.14 Å². The molecule has 2 aliphatic heterocycles. The Kier molecular flexibility index (Phi) is 6.31. The number of fused-ring (bicyclic) bond motifs is 1. The SMILES string of the molecule is C[C@@H](Nc1ncnc2c1C=C(C1(N)CCP(C)(=O)CC1)CN2C)c1cccc(C(F)F)c1F. The zero-order valence-corrected chi connectivity index (χ0v) is 19.9. The van der Waals surface area contributed by atoms with E-state index in [-0.39, 0.29) is 5.56 Å². The van der Waals surface area contributed by atoms with Gasteiger partial charge in [-0.1, -0.05) is 18.2 Å². The van der Waals surface area contributed by atoms with Gasteiger partial charge in [0.25, 0.3) is 6.43 Å². The number of rotatable bonds is 5. The van der Waals surface area contributed by atoms with Crippen LogP contribution in [0.1, 0.15) is 48.9 Å². The summed E-state index contributed by atoms with van der Waals surface area (Å²) in [6.07, 6.45) is 3.03. The van der Waals surface area contributed by atoms with Crippen molar-refractivity contribution in [3.05, 3.63) is 52.6 Å². The van der Waals surface area contributed by atoms with Crippen LogP contribution in [0.5, 0.6) is 0 Å². The Labute approximate surface area is 191 Å². The van der Waals surface area contributed by atoms with Gasteiger partial charge in [-0.25, -0.2) is 23.1 Å². The molecule has 0 spiro atoms. The van der Waals surface area contributed by atoms with E-state index in [0.29, 0.717) is 48.9 Å². The van der Waals surface area contributed by atoms with Crippen molar-refractivity contribution in [2.24, 2.45) is 5.73 Å². The van der Waals surface area contributed by atoms with Gasteiger partial charge in [-0.15, -0.1) is 0 Å². The maximum atomic E-state index is 14.7. The van der Waals surface area contributed by atoms with Crippen LogP contribution in [-0.4, -0.2) is 48.1 Å². The standard InChI is InChI=1S/C23H29F3N5OP/c1-14(16-5-4-6-17(19(16)24)20(25)26)30-21-18-11-15(12-31(2)22(18)29-13-28-21)23(27)7-9-33(3,32)10-8-23/h4-6,11,13-14,20H,7-10,12,27H2,1-3H3,(H,28,29,30)/t14-,23?,33?/m1/s1. The first-order valence-corrected chi connectivity index (χ1v) is 13.5. The normalized spacial score (nSPS) is 26.1. The van der Waals surface area contributed by atoms with Crippen molar-refractivity contribution in [2.45, 2.75) is 37.8 Å². The zero-order chi connectivity index (χ0) is 24.0. The third-order valence-electron chi connectivity index (χ3n) is 6.77. The lowest BCUT2D eigenvalue weighted by Gasteiger charge is -2.41. The number of aromatic nitrogens is 2. The molecule has 0 amide bonds. The third kappa shape index (κ3) is 4.66. The van der Waals surface area contributed by atoms with Gasteiger partial charge in [0.2, 0.25) is 0 Å². The molecular weight excluding hydrogens is 450 g/mol. The van der Waals surface area contributed by atoms with Crippen molar-refractivity contribution in [3.63, 3.8) is 0 Å². The van der Waals surface area contributed by atoms with Crippen LogP contribution in [0, 0.1) is 5.82 Å². The molecule has 1 fully saturated rings. The number of likely N-dealkylation sites (N-methyl/N-ethyl adjacent to an activating group) is 1. The number of hydrogen-bond donors (Lipinski definition) is 2. The molecule has 0 unspecified atom stereocenters. The summed E-state index contributed by atoms with van der Waals surface area (Å²) in [6, 6.07) is 3.39. The fraction of sp³-hybridized carbons (Fsp3) is 0.478. The number of nitrogens with zero attached hydrogens (tertiary/aromatic N) is 3. The smallest absolute Gasteiger partial charge is 0.266 e. The lowest BCUT2D eigenvalue weighted by atomic mass is 9.82. The second-order valence-corrected chi connectivity index (χ2v) is 12.8. The van der Waals surface area contributed by atoms with E-state index in [1.165, 1.54) is 18.5 Å². The fourth-order valence-electron chi connectivity index (χ4n) is 4.57. The Bertz CT molecular complexity index is 1130. The Morgan fingerprint density at radius 2 is 1.88 bits per heavy atom. The molecule has 2 aromatic rings. The zero-order valence-electron chi connectivity index (χ0n) is 19.0. The number of hydrogen-bond acceptors (Lipinski definition) is 6. The summed E-state index contributed by atoms with van der Waals surface area (Å²) in [6.45, 7) is 4.13. The number of anilines is 2. The van der Waals surface area contributed by atoms with E-state index >= 15 is 0 Å². The molecule has 10 heteroatoms. The van der Waals surface area contributed by atoms with E-state index < -0.39 is 36.5 Å². The second kappa shape index (κ2) is 8.76. The average Bonchev–Trinajstić information content (AvgIpc) is 2.76. The Hall–Kier alpha value is -2.38. The van der Waals surface area contributed by atoms with Crippen molar-refractivity contribution in [1.82, 2.24) is 9.97 Å². The van der Waals surface area contributed by atoms with Gasteiger partial charge in [0.15, 0.2) is 0 Å². The van der Waals surface area contributed by atoms with E-state index in [0.717, 1.165) is 11.6 Å². The van der Waals surface area contributed by atoms with E-state index in [1.807, 2.05) is 24.7 Å². The summed E-state index contributed by atoms with van der Waals surface area (Å²) in [5, 5.41) is 3.17. The molecule has 178 valence electrons. The number of nitrogens with one attached hydrogen (secondary N) is 1. The second-order valence-electron chi connectivity index (χ2n) is 9.30. The van der Waals surface area contributed by atoms with Gasteiger partial charge in [0.1, 0.15) is 23.8 Å². The average molecular weight is 479 g/mol. The van der Waals surface area contributed by atoms with Gasteiger partial charge in [0.05, 0.1) is 24.3 Å². The van der Waals surface area contributed by atoms with Crippen LogP contribution in [0.25, 0.3) is 6.08 Å². The van der Waals surface area contributed by atoms with Crippen LogP contribution < -0.4 is 16.0 Å². The van der Waals surface area contributed by atoms with Crippen LogP contribution in [-0.2, 0) is 4.57 Å².